The van der Waals surface area contributed by atoms with E-state index in [1.807, 2.05) is 60.8 Å². The molecule has 0 unspecified atom stereocenters. The molecule has 0 saturated carbocycles. The monoisotopic (exact) mass is 247 g/mol. The molecule has 0 radical (unpaired) electrons. The van der Waals surface area contributed by atoms with E-state index in [0.717, 1.165) is 28.2 Å². The van der Waals surface area contributed by atoms with Gasteiger partial charge in [-0.2, -0.15) is 0 Å². The van der Waals surface area contributed by atoms with Gasteiger partial charge in [0.2, 0.25) is 0 Å². The first-order valence-electron chi connectivity index (χ1n) is 6.06. The first-order valence-corrected chi connectivity index (χ1v) is 6.06. The third kappa shape index (κ3) is 2.45. The van der Waals surface area contributed by atoms with E-state index in [1.165, 1.54) is 0 Å². The maximum absolute atomic E-state index is 5.68. The smallest absolute Gasteiger partial charge is 0.0717 e. The summed E-state index contributed by atoms with van der Waals surface area (Å²) in [6, 6.07) is 17.6. The largest absolute Gasteiger partial charge is 0.399 e. The molecule has 0 saturated heterocycles. The van der Waals surface area contributed by atoms with Crippen LogP contribution in [0, 0.1) is 0 Å². The minimum Gasteiger partial charge on any atom is -0.399 e. The molecule has 0 bridgehead atoms. The van der Waals surface area contributed by atoms with E-state index in [1.54, 1.807) is 6.20 Å². The number of benzene rings is 1. The van der Waals surface area contributed by atoms with E-state index >= 15 is 0 Å². The minimum atomic E-state index is 0.758. The van der Waals surface area contributed by atoms with E-state index in [4.69, 9.17) is 5.73 Å². The van der Waals surface area contributed by atoms with Gasteiger partial charge in [-0.1, -0.05) is 18.2 Å². The van der Waals surface area contributed by atoms with Crippen molar-refractivity contribution in [1.82, 2.24) is 9.97 Å². The van der Waals surface area contributed by atoms with Crippen molar-refractivity contribution in [2.75, 3.05) is 5.73 Å². The summed E-state index contributed by atoms with van der Waals surface area (Å²) >= 11 is 0. The maximum atomic E-state index is 5.68. The predicted molar refractivity (Wildman–Crippen MR) is 77.3 cm³/mol. The zero-order chi connectivity index (χ0) is 13.1. The van der Waals surface area contributed by atoms with E-state index in [0.29, 0.717) is 0 Å². The molecule has 3 nitrogen and oxygen atoms in total. The number of rotatable bonds is 2. The highest BCUT2D eigenvalue weighted by Crippen LogP contribution is 2.21. The van der Waals surface area contributed by atoms with Gasteiger partial charge >= 0.3 is 0 Å². The summed E-state index contributed by atoms with van der Waals surface area (Å²) in [6.45, 7) is 0. The van der Waals surface area contributed by atoms with Crippen LogP contribution in [0.5, 0.6) is 0 Å². The van der Waals surface area contributed by atoms with E-state index in [9.17, 15) is 0 Å². The van der Waals surface area contributed by atoms with Gasteiger partial charge in [0.15, 0.2) is 0 Å². The van der Waals surface area contributed by atoms with Crippen molar-refractivity contribution >= 4 is 5.69 Å². The molecule has 2 heterocycles. The van der Waals surface area contributed by atoms with Crippen LogP contribution in [0.2, 0.25) is 0 Å². The zero-order valence-corrected chi connectivity index (χ0v) is 10.3. The van der Waals surface area contributed by atoms with Crippen molar-refractivity contribution in [3.05, 3.63) is 67.0 Å². The molecule has 0 aliphatic carbocycles. The molecule has 2 aromatic heterocycles. The maximum Gasteiger partial charge on any atom is 0.0717 e. The Bertz CT molecular complexity index is 659. The lowest BCUT2D eigenvalue weighted by Crippen LogP contribution is -1.88. The summed E-state index contributed by atoms with van der Waals surface area (Å²) in [5.74, 6) is 0. The Morgan fingerprint density at radius 3 is 2.05 bits per heavy atom. The van der Waals surface area contributed by atoms with Gasteiger partial charge in [0.05, 0.1) is 11.4 Å². The molecule has 2 N–H and O–H groups in total. The van der Waals surface area contributed by atoms with Crippen LogP contribution in [0.15, 0.2) is 67.0 Å². The van der Waals surface area contributed by atoms with Crippen molar-refractivity contribution in [3.8, 4) is 22.5 Å². The second kappa shape index (κ2) is 4.90. The Balaban J connectivity index is 1.93. The van der Waals surface area contributed by atoms with Crippen LogP contribution in [0.3, 0.4) is 0 Å². The van der Waals surface area contributed by atoms with Crippen molar-refractivity contribution in [3.63, 3.8) is 0 Å². The fraction of sp³-hybridized carbons (Fsp3) is 0. The average molecular weight is 247 g/mol. The number of nitrogens with zero attached hydrogens (tertiary/aromatic N) is 2. The number of hydrogen-bond acceptors (Lipinski definition) is 3. The number of nitrogens with two attached hydrogens (primary N) is 1. The van der Waals surface area contributed by atoms with Gasteiger partial charge < -0.3 is 5.73 Å². The molecule has 19 heavy (non-hydrogen) atoms. The highest BCUT2D eigenvalue weighted by Gasteiger charge is 2.01. The van der Waals surface area contributed by atoms with Crippen LogP contribution in [0.4, 0.5) is 5.69 Å². The molecule has 0 aliphatic rings. The second-order valence-corrected chi connectivity index (χ2v) is 4.27. The van der Waals surface area contributed by atoms with Crippen molar-refractivity contribution in [2.24, 2.45) is 0 Å². The summed E-state index contributed by atoms with van der Waals surface area (Å²) in [7, 11) is 0. The summed E-state index contributed by atoms with van der Waals surface area (Å²) in [5.41, 5.74) is 10.4. The fourth-order valence-electron chi connectivity index (χ4n) is 1.90. The number of nitrogen functional groups attached to an aromatic ring is 1. The second-order valence-electron chi connectivity index (χ2n) is 4.27. The van der Waals surface area contributed by atoms with Crippen LogP contribution >= 0.6 is 0 Å². The third-order valence-electron chi connectivity index (χ3n) is 2.93. The molecule has 3 rings (SSSR count). The molecule has 0 fully saturated rings. The lowest BCUT2D eigenvalue weighted by molar-refractivity contribution is 1.28. The standard InChI is InChI=1S/C16H13N3/c17-14-7-4-12(5-8-14)16-9-6-13(11-19-16)15-3-1-2-10-18-15/h1-11H,17H2. The van der Waals surface area contributed by atoms with Gasteiger partial charge in [0.25, 0.3) is 0 Å². The minimum absolute atomic E-state index is 0.758. The first kappa shape index (κ1) is 11.4. The Morgan fingerprint density at radius 1 is 0.684 bits per heavy atom. The van der Waals surface area contributed by atoms with Crippen LogP contribution < -0.4 is 5.73 Å². The lowest BCUT2D eigenvalue weighted by atomic mass is 10.1. The van der Waals surface area contributed by atoms with Gasteiger partial charge in [-0.15, -0.1) is 0 Å². The predicted octanol–water partition coefficient (Wildman–Crippen LogP) is 3.39. The highest BCUT2D eigenvalue weighted by atomic mass is 14.7. The van der Waals surface area contributed by atoms with Crippen molar-refractivity contribution < 1.29 is 0 Å². The number of hydrogen-bond donors (Lipinski definition) is 1. The Morgan fingerprint density at radius 2 is 1.42 bits per heavy atom. The molecule has 0 amide bonds. The molecular weight excluding hydrogens is 234 g/mol. The van der Waals surface area contributed by atoms with Crippen molar-refractivity contribution in [1.29, 1.82) is 0 Å². The number of pyridine rings is 2. The van der Waals surface area contributed by atoms with Crippen LogP contribution in [-0.2, 0) is 0 Å². The average Bonchev–Trinajstić information content (AvgIpc) is 2.49. The number of aromatic nitrogens is 2. The van der Waals surface area contributed by atoms with Gasteiger partial charge in [0, 0.05) is 29.2 Å². The molecule has 3 heteroatoms. The van der Waals surface area contributed by atoms with Gasteiger partial charge in [-0.25, -0.2) is 0 Å². The third-order valence-corrected chi connectivity index (χ3v) is 2.93. The highest BCUT2D eigenvalue weighted by molar-refractivity contribution is 5.65. The van der Waals surface area contributed by atoms with Crippen LogP contribution in [-0.4, -0.2) is 9.97 Å². The van der Waals surface area contributed by atoms with E-state index in [2.05, 4.69) is 9.97 Å². The van der Waals surface area contributed by atoms with Crippen molar-refractivity contribution in [2.45, 2.75) is 0 Å². The normalized spacial score (nSPS) is 10.3. The molecule has 0 atom stereocenters. The van der Waals surface area contributed by atoms with Crippen LogP contribution in [0.1, 0.15) is 0 Å². The SMILES string of the molecule is Nc1ccc(-c2ccc(-c3ccccn3)cn2)cc1. The molecule has 0 spiro atoms. The fourth-order valence-corrected chi connectivity index (χ4v) is 1.90. The summed E-state index contributed by atoms with van der Waals surface area (Å²) in [5, 5.41) is 0. The summed E-state index contributed by atoms with van der Waals surface area (Å²) in [4.78, 5) is 8.78. The molecule has 92 valence electrons. The molecular formula is C16H13N3. The Hall–Kier alpha value is -2.68. The molecule has 3 aromatic rings. The zero-order valence-electron chi connectivity index (χ0n) is 10.3. The van der Waals surface area contributed by atoms with Crippen LogP contribution in [0.25, 0.3) is 22.5 Å². The first-order chi connectivity index (χ1) is 9.33. The lowest BCUT2D eigenvalue weighted by Gasteiger charge is -2.03. The Labute approximate surface area is 111 Å². The molecule has 1 aromatic carbocycles. The molecule has 0 aliphatic heterocycles. The van der Waals surface area contributed by atoms with Gasteiger partial charge in [-0.3, -0.25) is 9.97 Å². The van der Waals surface area contributed by atoms with Gasteiger partial charge in [0.1, 0.15) is 0 Å². The van der Waals surface area contributed by atoms with E-state index < -0.39 is 0 Å². The van der Waals surface area contributed by atoms with E-state index in [-0.39, 0.29) is 0 Å². The summed E-state index contributed by atoms with van der Waals surface area (Å²) < 4.78 is 0. The number of anilines is 1. The Kier molecular flexibility index (Phi) is 2.94. The summed E-state index contributed by atoms with van der Waals surface area (Å²) in [6.07, 6.45) is 3.62. The topological polar surface area (TPSA) is 51.8 Å². The quantitative estimate of drug-likeness (QED) is 0.706. The van der Waals surface area contributed by atoms with Gasteiger partial charge in [-0.05, 0) is 36.4 Å².